The van der Waals surface area contributed by atoms with Crippen LogP contribution in [-0.2, 0) is 4.79 Å². The summed E-state index contributed by atoms with van der Waals surface area (Å²) in [6.45, 7) is 1.35. The molecule has 23 heavy (non-hydrogen) atoms. The van der Waals surface area contributed by atoms with Gasteiger partial charge in [-0.05, 0) is 30.2 Å². The van der Waals surface area contributed by atoms with E-state index >= 15 is 0 Å². The zero-order chi connectivity index (χ0) is 16.8. The van der Waals surface area contributed by atoms with Gasteiger partial charge in [-0.3, -0.25) is 4.79 Å². The Labute approximate surface area is 132 Å². The zero-order valence-corrected chi connectivity index (χ0v) is 12.3. The Hall–Kier alpha value is -2.94. The molecule has 2 aromatic carbocycles. The first-order chi connectivity index (χ1) is 11.0. The lowest BCUT2D eigenvalue weighted by Crippen LogP contribution is -2.32. The number of rotatable bonds is 5. The van der Waals surface area contributed by atoms with E-state index in [2.05, 4.69) is 5.32 Å². The van der Waals surface area contributed by atoms with Crippen molar-refractivity contribution in [2.24, 2.45) is 0 Å². The predicted octanol–water partition coefficient (Wildman–Crippen LogP) is 3.03. The van der Waals surface area contributed by atoms with Crippen LogP contribution in [0, 0.1) is 29.9 Å². The van der Waals surface area contributed by atoms with Crippen LogP contribution >= 0.6 is 0 Å². The summed E-state index contributed by atoms with van der Waals surface area (Å²) in [5.41, 5.74) is 1.54. The Kier molecular flexibility index (Phi) is 5.26. The molecule has 2 aromatic rings. The lowest BCUT2D eigenvalue weighted by atomic mass is 10.0. The van der Waals surface area contributed by atoms with Gasteiger partial charge in [0.15, 0.2) is 18.2 Å². The smallest absolute Gasteiger partial charge is 0.259 e. The van der Waals surface area contributed by atoms with E-state index < -0.39 is 30.2 Å². The third-order valence-corrected chi connectivity index (χ3v) is 3.19. The highest BCUT2D eigenvalue weighted by Gasteiger charge is 2.16. The van der Waals surface area contributed by atoms with Crippen molar-refractivity contribution < 1.29 is 18.3 Å². The van der Waals surface area contributed by atoms with Crippen molar-refractivity contribution in [1.29, 1.82) is 5.26 Å². The summed E-state index contributed by atoms with van der Waals surface area (Å²) in [7, 11) is 0. The number of nitrogens with zero attached hydrogens (tertiary/aromatic N) is 1. The van der Waals surface area contributed by atoms with Crippen LogP contribution in [-0.4, -0.2) is 12.5 Å². The minimum atomic E-state index is -0.895. The van der Waals surface area contributed by atoms with Gasteiger partial charge < -0.3 is 10.1 Å². The quantitative estimate of drug-likeness (QED) is 0.922. The van der Waals surface area contributed by atoms with Gasteiger partial charge in [0.25, 0.3) is 5.91 Å². The van der Waals surface area contributed by atoms with Crippen LogP contribution in [0.1, 0.15) is 17.2 Å². The Morgan fingerprint density at radius 1 is 1.30 bits per heavy atom. The third kappa shape index (κ3) is 4.27. The molecule has 1 atom stereocenters. The van der Waals surface area contributed by atoms with Gasteiger partial charge in [-0.1, -0.05) is 24.3 Å². The largest absolute Gasteiger partial charge is 0.481 e. The number of amides is 1. The van der Waals surface area contributed by atoms with Crippen LogP contribution in [0.2, 0.25) is 0 Å². The van der Waals surface area contributed by atoms with Crippen LogP contribution in [0.25, 0.3) is 0 Å². The highest BCUT2D eigenvalue weighted by Crippen LogP contribution is 2.18. The molecule has 6 heteroatoms. The maximum atomic E-state index is 13.4. The molecule has 2 rings (SSSR count). The highest BCUT2D eigenvalue weighted by molar-refractivity contribution is 5.78. The first kappa shape index (κ1) is 16.4. The van der Waals surface area contributed by atoms with Gasteiger partial charge in [0.05, 0.1) is 6.07 Å². The lowest BCUT2D eigenvalue weighted by Gasteiger charge is -2.14. The molecule has 118 valence electrons. The van der Waals surface area contributed by atoms with Gasteiger partial charge in [-0.2, -0.15) is 5.26 Å². The predicted molar refractivity (Wildman–Crippen MR) is 79.5 cm³/mol. The van der Waals surface area contributed by atoms with Crippen LogP contribution in [0.3, 0.4) is 0 Å². The molecule has 1 N–H and O–H groups in total. The summed E-state index contributed by atoms with van der Waals surface area (Å²) in [6.07, 6.45) is 0. The fourth-order valence-electron chi connectivity index (χ4n) is 2.03. The van der Waals surface area contributed by atoms with Crippen LogP contribution in [0.4, 0.5) is 8.78 Å². The SMILES string of the molecule is Cc1ccccc1C(C#N)NC(=O)COc1ccc(F)cc1F. The van der Waals surface area contributed by atoms with Crippen molar-refractivity contribution in [1.82, 2.24) is 5.32 Å². The highest BCUT2D eigenvalue weighted by atomic mass is 19.1. The molecule has 0 spiro atoms. The van der Waals surface area contributed by atoms with E-state index in [1.165, 1.54) is 0 Å². The van der Waals surface area contributed by atoms with Crippen LogP contribution < -0.4 is 10.1 Å². The lowest BCUT2D eigenvalue weighted by molar-refractivity contribution is -0.123. The van der Waals surface area contributed by atoms with Crippen molar-refractivity contribution in [2.75, 3.05) is 6.61 Å². The van der Waals surface area contributed by atoms with E-state index in [-0.39, 0.29) is 5.75 Å². The number of hydrogen-bond acceptors (Lipinski definition) is 3. The second-order valence-electron chi connectivity index (χ2n) is 4.85. The normalized spacial score (nSPS) is 11.4. The van der Waals surface area contributed by atoms with Gasteiger partial charge in [0.1, 0.15) is 11.9 Å². The second kappa shape index (κ2) is 7.36. The summed E-state index contributed by atoms with van der Waals surface area (Å²) >= 11 is 0. The molecular weight excluding hydrogens is 302 g/mol. The van der Waals surface area contributed by atoms with Gasteiger partial charge in [0.2, 0.25) is 0 Å². The Bertz CT molecular complexity index is 756. The zero-order valence-electron chi connectivity index (χ0n) is 12.3. The number of carbonyl (C=O) groups is 1. The Morgan fingerprint density at radius 3 is 2.70 bits per heavy atom. The molecule has 0 aromatic heterocycles. The average molecular weight is 316 g/mol. The molecule has 0 radical (unpaired) electrons. The summed E-state index contributed by atoms with van der Waals surface area (Å²) in [5.74, 6) is -2.44. The molecule has 1 unspecified atom stereocenters. The topological polar surface area (TPSA) is 62.1 Å². The number of benzene rings is 2. The number of nitrogens with one attached hydrogen (secondary N) is 1. The summed E-state index contributed by atoms with van der Waals surface area (Å²) in [4.78, 5) is 11.9. The monoisotopic (exact) mass is 316 g/mol. The van der Waals surface area contributed by atoms with E-state index in [4.69, 9.17) is 4.74 Å². The van der Waals surface area contributed by atoms with Crippen LogP contribution in [0.15, 0.2) is 42.5 Å². The van der Waals surface area contributed by atoms with Crippen molar-refractivity contribution in [3.63, 3.8) is 0 Å². The van der Waals surface area contributed by atoms with Crippen molar-refractivity contribution >= 4 is 5.91 Å². The van der Waals surface area contributed by atoms with Crippen molar-refractivity contribution in [3.8, 4) is 11.8 Å². The molecule has 0 fully saturated rings. The maximum Gasteiger partial charge on any atom is 0.259 e. The number of nitriles is 1. The van der Waals surface area contributed by atoms with Gasteiger partial charge in [-0.25, -0.2) is 8.78 Å². The summed E-state index contributed by atoms with van der Waals surface area (Å²) in [5, 5.41) is 11.7. The van der Waals surface area contributed by atoms with Crippen molar-refractivity contribution in [3.05, 3.63) is 65.2 Å². The summed E-state index contributed by atoms with van der Waals surface area (Å²) < 4.78 is 31.2. The molecule has 0 saturated heterocycles. The number of hydrogen-bond donors (Lipinski definition) is 1. The molecule has 0 aliphatic heterocycles. The molecule has 1 amide bonds. The second-order valence-corrected chi connectivity index (χ2v) is 4.85. The standard InChI is InChI=1S/C17H14F2N2O2/c1-11-4-2-3-5-13(11)15(9-20)21-17(22)10-23-16-7-6-12(18)8-14(16)19/h2-8,15H,10H2,1H3,(H,21,22). The maximum absolute atomic E-state index is 13.4. The number of carbonyl (C=O) groups excluding carboxylic acids is 1. The summed E-state index contributed by atoms with van der Waals surface area (Å²) in [6, 6.07) is 11.1. The van der Waals surface area contributed by atoms with Crippen molar-refractivity contribution in [2.45, 2.75) is 13.0 Å². The molecule has 0 bridgehead atoms. The number of aryl methyl sites for hydroxylation is 1. The molecule has 0 heterocycles. The van der Waals surface area contributed by atoms with E-state index in [1.807, 2.05) is 25.1 Å². The molecule has 4 nitrogen and oxygen atoms in total. The Morgan fingerprint density at radius 2 is 2.04 bits per heavy atom. The fraction of sp³-hybridized carbons (Fsp3) is 0.176. The molecule has 0 aliphatic carbocycles. The van der Waals surface area contributed by atoms with Gasteiger partial charge in [-0.15, -0.1) is 0 Å². The fourth-order valence-corrected chi connectivity index (χ4v) is 2.03. The van der Waals surface area contributed by atoms with E-state index in [0.29, 0.717) is 11.6 Å². The number of halogens is 2. The third-order valence-electron chi connectivity index (χ3n) is 3.19. The molecular formula is C17H14F2N2O2. The molecule has 0 saturated carbocycles. The molecule has 0 aliphatic rings. The van der Waals surface area contributed by atoms with E-state index in [0.717, 1.165) is 17.7 Å². The number of ether oxygens (including phenoxy) is 1. The average Bonchev–Trinajstić information content (AvgIpc) is 2.52. The van der Waals surface area contributed by atoms with Gasteiger partial charge >= 0.3 is 0 Å². The Balaban J connectivity index is 1.98. The first-order valence-corrected chi connectivity index (χ1v) is 6.83. The van der Waals surface area contributed by atoms with Gasteiger partial charge in [0, 0.05) is 6.07 Å². The minimum absolute atomic E-state index is 0.231. The minimum Gasteiger partial charge on any atom is -0.481 e. The first-order valence-electron chi connectivity index (χ1n) is 6.83. The van der Waals surface area contributed by atoms with Crippen LogP contribution in [0.5, 0.6) is 5.75 Å². The van der Waals surface area contributed by atoms with E-state index in [1.54, 1.807) is 12.1 Å². The van der Waals surface area contributed by atoms with E-state index in [9.17, 15) is 18.8 Å².